The van der Waals surface area contributed by atoms with E-state index < -0.39 is 0 Å². The van der Waals surface area contributed by atoms with E-state index in [1.165, 1.54) is 0 Å². The quantitative estimate of drug-likeness (QED) is 0.453. The summed E-state index contributed by atoms with van der Waals surface area (Å²) in [7, 11) is 0. The van der Waals surface area contributed by atoms with Gasteiger partial charge in [-0.1, -0.05) is 0 Å². The number of H-pyrrole nitrogens is 2. The summed E-state index contributed by atoms with van der Waals surface area (Å²) in [6, 6.07) is 14.1. The minimum Gasteiger partial charge on any atom is -0.355 e. The van der Waals surface area contributed by atoms with E-state index in [0.29, 0.717) is 5.82 Å². The van der Waals surface area contributed by atoms with E-state index in [1.54, 1.807) is 0 Å². The maximum atomic E-state index is 4.60. The third-order valence-electron chi connectivity index (χ3n) is 3.90. The number of aromatic amines is 2. The first-order valence-electron chi connectivity index (χ1n) is 7.72. The molecular weight excluding hydrogens is 298 g/mol. The van der Waals surface area contributed by atoms with Gasteiger partial charge in [-0.15, -0.1) is 0 Å². The summed E-state index contributed by atoms with van der Waals surface area (Å²) in [6.07, 6.45) is 7.84. The van der Waals surface area contributed by atoms with Gasteiger partial charge in [-0.05, 0) is 66.8 Å². The van der Waals surface area contributed by atoms with Crippen LogP contribution in [0.15, 0.2) is 42.5 Å². The SMILES string of the molecule is C1=Cc2cc3ccc(cc4ccc(nc5nc(cc1n2)C=C5)[nH]4)[nH]3. The summed E-state index contributed by atoms with van der Waals surface area (Å²) in [5, 5.41) is 0. The summed E-state index contributed by atoms with van der Waals surface area (Å²) in [5.41, 5.74) is 6.47. The van der Waals surface area contributed by atoms with Crippen molar-refractivity contribution in [2.75, 3.05) is 0 Å². The predicted molar refractivity (Wildman–Crippen MR) is 96.7 cm³/mol. The highest BCUT2D eigenvalue weighted by molar-refractivity contribution is 5.76. The van der Waals surface area contributed by atoms with Crippen LogP contribution in [-0.4, -0.2) is 24.9 Å². The Balaban J connectivity index is 1.85. The molecule has 2 aliphatic rings. The number of nitrogens with zero attached hydrogens (tertiary/aromatic N) is 3. The van der Waals surface area contributed by atoms with Crippen molar-refractivity contribution in [2.24, 2.45) is 0 Å². The monoisotopic (exact) mass is 311 g/mol. The van der Waals surface area contributed by atoms with Crippen molar-refractivity contribution >= 4 is 46.5 Å². The zero-order chi connectivity index (χ0) is 15.9. The number of hydrogen-bond donors (Lipinski definition) is 2. The molecule has 114 valence electrons. The van der Waals surface area contributed by atoms with Gasteiger partial charge in [-0.2, -0.15) is 0 Å². The standard InChI is InChI=1S/C19H13N5/c1-3-14-10-16-5-7-18(22-16)24-19-8-6-17(23-19)11-15-4-2-13(21-15)9-12(1)20-14/h1-11,20H,(H,22,23,24). The van der Waals surface area contributed by atoms with Gasteiger partial charge < -0.3 is 9.97 Å². The molecule has 3 aromatic rings. The Hall–Kier alpha value is -3.47. The predicted octanol–water partition coefficient (Wildman–Crippen LogP) is 4.05. The molecule has 5 nitrogen and oxygen atoms in total. The van der Waals surface area contributed by atoms with Crippen molar-refractivity contribution in [2.45, 2.75) is 0 Å². The smallest absolute Gasteiger partial charge is 0.154 e. The fourth-order valence-electron chi connectivity index (χ4n) is 2.81. The molecule has 8 bridgehead atoms. The van der Waals surface area contributed by atoms with E-state index in [9.17, 15) is 0 Å². The maximum Gasteiger partial charge on any atom is 0.154 e. The summed E-state index contributed by atoms with van der Waals surface area (Å²) in [5.74, 6) is 0.683. The molecule has 0 aliphatic carbocycles. The first kappa shape index (κ1) is 13.0. The minimum absolute atomic E-state index is 0.683. The zero-order valence-corrected chi connectivity index (χ0v) is 12.7. The van der Waals surface area contributed by atoms with Crippen molar-refractivity contribution in [3.63, 3.8) is 0 Å². The van der Waals surface area contributed by atoms with Crippen LogP contribution in [0.5, 0.6) is 0 Å². The molecule has 5 heteroatoms. The van der Waals surface area contributed by atoms with Crippen LogP contribution >= 0.6 is 0 Å². The number of nitrogens with one attached hydrogen (secondary N) is 2. The highest BCUT2D eigenvalue weighted by Gasteiger charge is 2.02. The van der Waals surface area contributed by atoms with Gasteiger partial charge in [-0.25, -0.2) is 15.0 Å². The minimum atomic E-state index is 0.683. The lowest BCUT2D eigenvalue weighted by Crippen LogP contribution is -1.80. The van der Waals surface area contributed by atoms with Gasteiger partial charge in [0.15, 0.2) is 5.82 Å². The van der Waals surface area contributed by atoms with Gasteiger partial charge in [0.05, 0.1) is 17.1 Å². The Morgan fingerprint density at radius 2 is 1.21 bits per heavy atom. The van der Waals surface area contributed by atoms with Crippen molar-refractivity contribution in [1.82, 2.24) is 24.9 Å². The van der Waals surface area contributed by atoms with E-state index in [-0.39, 0.29) is 0 Å². The fraction of sp³-hybridized carbons (Fsp3) is 0. The summed E-state index contributed by atoms with van der Waals surface area (Å²) < 4.78 is 0. The van der Waals surface area contributed by atoms with Crippen LogP contribution in [0, 0.1) is 0 Å². The summed E-state index contributed by atoms with van der Waals surface area (Å²) >= 11 is 0. The van der Waals surface area contributed by atoms with Crippen molar-refractivity contribution in [1.29, 1.82) is 0 Å². The Bertz CT molecular complexity index is 1070. The second-order valence-corrected chi connectivity index (χ2v) is 5.74. The molecule has 2 N–H and O–H groups in total. The molecule has 0 fully saturated rings. The first-order chi connectivity index (χ1) is 11.8. The van der Waals surface area contributed by atoms with Crippen LogP contribution in [-0.2, 0) is 0 Å². The maximum absolute atomic E-state index is 4.60. The molecule has 2 aliphatic heterocycles. The van der Waals surface area contributed by atoms with Crippen LogP contribution in [0.3, 0.4) is 0 Å². The largest absolute Gasteiger partial charge is 0.355 e. The fourth-order valence-corrected chi connectivity index (χ4v) is 2.81. The number of hydrogen-bond acceptors (Lipinski definition) is 3. The topological polar surface area (TPSA) is 70.2 Å². The van der Waals surface area contributed by atoms with E-state index in [2.05, 4.69) is 24.9 Å². The number of fused-ring (bicyclic) bond motifs is 8. The van der Waals surface area contributed by atoms with Crippen molar-refractivity contribution in [3.8, 4) is 0 Å². The molecule has 0 spiro atoms. The van der Waals surface area contributed by atoms with E-state index >= 15 is 0 Å². The van der Waals surface area contributed by atoms with Gasteiger partial charge in [0.2, 0.25) is 0 Å². The Kier molecular flexibility index (Phi) is 2.72. The number of rotatable bonds is 0. The molecule has 3 aromatic heterocycles. The van der Waals surface area contributed by atoms with E-state index in [4.69, 9.17) is 0 Å². The van der Waals surface area contributed by atoms with Crippen molar-refractivity contribution in [3.05, 3.63) is 65.4 Å². The molecule has 5 heterocycles. The lowest BCUT2D eigenvalue weighted by Gasteiger charge is -1.85. The first-order valence-corrected chi connectivity index (χ1v) is 7.72. The summed E-state index contributed by atoms with van der Waals surface area (Å²) in [6.45, 7) is 0. The normalized spacial score (nSPS) is 12.7. The van der Waals surface area contributed by atoms with Gasteiger partial charge in [-0.3, -0.25) is 0 Å². The molecule has 0 saturated heterocycles. The molecule has 0 unspecified atom stereocenters. The third-order valence-corrected chi connectivity index (χ3v) is 3.90. The van der Waals surface area contributed by atoms with Gasteiger partial charge >= 0.3 is 0 Å². The highest BCUT2D eigenvalue weighted by Crippen LogP contribution is 2.16. The third kappa shape index (κ3) is 2.42. The van der Waals surface area contributed by atoms with Gasteiger partial charge in [0, 0.05) is 16.6 Å². The Morgan fingerprint density at radius 3 is 2.12 bits per heavy atom. The van der Waals surface area contributed by atoms with Gasteiger partial charge in [0.25, 0.3) is 0 Å². The molecule has 0 aromatic carbocycles. The molecule has 5 rings (SSSR count). The molecule has 24 heavy (non-hydrogen) atoms. The molecule has 0 atom stereocenters. The highest BCUT2D eigenvalue weighted by atomic mass is 14.9. The zero-order valence-electron chi connectivity index (χ0n) is 12.7. The lowest BCUT2D eigenvalue weighted by molar-refractivity contribution is 1.18. The second-order valence-electron chi connectivity index (χ2n) is 5.74. The molecular formula is C19H13N5. The van der Waals surface area contributed by atoms with E-state index in [1.807, 2.05) is 66.8 Å². The van der Waals surface area contributed by atoms with Crippen molar-refractivity contribution < 1.29 is 0 Å². The summed E-state index contributed by atoms with van der Waals surface area (Å²) in [4.78, 5) is 20.3. The van der Waals surface area contributed by atoms with Crippen LogP contribution in [0.2, 0.25) is 0 Å². The second kappa shape index (κ2) is 5.03. The average Bonchev–Trinajstić information content (AvgIpc) is 3.32. The number of aromatic nitrogens is 5. The van der Waals surface area contributed by atoms with Crippen LogP contribution in [0.25, 0.3) is 46.5 Å². The van der Waals surface area contributed by atoms with E-state index in [0.717, 1.165) is 39.3 Å². The van der Waals surface area contributed by atoms with Gasteiger partial charge in [0.1, 0.15) is 5.65 Å². The Morgan fingerprint density at radius 1 is 0.542 bits per heavy atom. The average molecular weight is 311 g/mol. The molecule has 0 amide bonds. The van der Waals surface area contributed by atoms with Crippen LogP contribution in [0.4, 0.5) is 0 Å². The lowest BCUT2D eigenvalue weighted by atomic mass is 10.3. The van der Waals surface area contributed by atoms with Crippen LogP contribution < -0.4 is 0 Å². The molecule has 0 saturated carbocycles. The Labute approximate surface area is 137 Å². The van der Waals surface area contributed by atoms with Crippen LogP contribution in [0.1, 0.15) is 22.9 Å². The molecule has 0 radical (unpaired) electrons.